The Labute approximate surface area is 605 Å². The van der Waals surface area contributed by atoms with Gasteiger partial charge in [0, 0.05) is 67.3 Å². The van der Waals surface area contributed by atoms with Crippen molar-refractivity contribution in [1.29, 1.82) is 0 Å². The van der Waals surface area contributed by atoms with Crippen LogP contribution in [0.3, 0.4) is 0 Å². The van der Waals surface area contributed by atoms with Crippen LogP contribution < -0.4 is 19.6 Å². The molecule has 0 radical (unpaired) electrons. The number of carbonyl (C=O) groups excluding carboxylic acids is 4. The van der Waals surface area contributed by atoms with Crippen LogP contribution in [0.1, 0.15) is 93.4 Å². The topological polar surface area (TPSA) is 233 Å². The maximum atomic E-state index is 14.7. The third-order valence-electron chi connectivity index (χ3n) is 19.0. The van der Waals surface area contributed by atoms with Crippen molar-refractivity contribution < 1.29 is 73.2 Å². The highest BCUT2D eigenvalue weighted by molar-refractivity contribution is 6.12. The molecule has 8 aromatic carbocycles. The lowest BCUT2D eigenvalue weighted by Gasteiger charge is -2.27. The zero-order valence-electron chi connectivity index (χ0n) is 58.5. The first kappa shape index (κ1) is 72.5. The standard InChI is InChI=1S/C21H19F2N3O2.C20H17F2N3O2.2C19H15F2N3O2/c1-3-5-14-19(13-6-4-7-15(22)18(13)23)26(21(27)20(14)28-2)12-8-9-16-17(10-12)25-11-24-16;1-3-12-18(13-5-4-6-14(21)17(13)22)25(20(26)19(12)27-2)11-7-8-15-16(9-11)24-10-23-15;2*1-10-17(12-4-3-5-13(20)16(12)21)24(19(25)18(10)26-2)11-6-7-14-15(8-11)23-9-22-14/h4,6-11,19H,3,5H2,1-2H3,(H,24,25);4-10,18H,3H2,1-2H3,(H,23,24);2*3-9,17H,1-2H3,(H,22,23)/t;;2*17-/m..10/s1. The Morgan fingerprint density at radius 2 is 0.617 bits per heavy atom. The van der Waals surface area contributed by atoms with Crippen LogP contribution in [0.15, 0.2) is 216 Å². The molecule has 28 heteroatoms. The van der Waals surface area contributed by atoms with E-state index in [0.29, 0.717) is 57.9 Å². The van der Waals surface area contributed by atoms with Crippen molar-refractivity contribution in [3.63, 3.8) is 0 Å². The Hall–Kier alpha value is -12.9. The van der Waals surface area contributed by atoms with Crippen LogP contribution in [-0.2, 0) is 38.1 Å². The highest BCUT2D eigenvalue weighted by atomic mass is 19.2. The van der Waals surface area contributed by atoms with Gasteiger partial charge in [-0.2, -0.15) is 0 Å². The van der Waals surface area contributed by atoms with Crippen molar-refractivity contribution in [1.82, 2.24) is 39.9 Å². The number of hydrogen-bond acceptors (Lipinski definition) is 12. The van der Waals surface area contributed by atoms with E-state index < -0.39 is 82.5 Å². The minimum atomic E-state index is -0.977. The Morgan fingerprint density at radius 1 is 0.355 bits per heavy atom. The Kier molecular flexibility index (Phi) is 20.4. The van der Waals surface area contributed by atoms with Gasteiger partial charge in [-0.3, -0.25) is 38.8 Å². The zero-order valence-corrected chi connectivity index (χ0v) is 58.5. The number of methoxy groups -OCH3 is 4. The molecule has 8 heterocycles. The van der Waals surface area contributed by atoms with E-state index in [0.717, 1.165) is 74.8 Å². The average Bonchev–Trinajstić information content (AvgIpc) is 1.63. The second-order valence-electron chi connectivity index (χ2n) is 25.0. The second-order valence-corrected chi connectivity index (χ2v) is 25.0. The highest BCUT2D eigenvalue weighted by Gasteiger charge is 2.47. The van der Waals surface area contributed by atoms with E-state index in [-0.39, 0.29) is 57.1 Å². The number of benzene rings is 8. The second kappa shape index (κ2) is 30.1. The molecule has 0 spiro atoms. The van der Waals surface area contributed by atoms with E-state index in [1.165, 1.54) is 96.6 Å². The summed E-state index contributed by atoms with van der Waals surface area (Å²) < 4.78 is 135. The molecule has 546 valence electrons. The summed E-state index contributed by atoms with van der Waals surface area (Å²) >= 11 is 0. The SMILES string of the molecule is CCC1=C(OC)C(=O)N(c2ccc3nc[nH]c3c2)C1c1cccc(F)c1F.CCCC1=C(OC)C(=O)N(c2ccc3nc[nH]c3c2)C1c1cccc(F)c1F.COC1=C(C)[C@@H](c2cccc(F)c2F)N(c2ccc3nc[nH]c3c2)C1=O.COC1=C(C)[C@H](c2cccc(F)c2F)N(c2ccc3nc[nH]c3c2)C1=O. The molecule has 0 bridgehead atoms. The molecule has 16 rings (SSSR count). The van der Waals surface area contributed by atoms with Crippen LogP contribution in [0.25, 0.3) is 44.1 Å². The van der Waals surface area contributed by atoms with Crippen molar-refractivity contribution in [3.05, 3.63) is 285 Å². The molecule has 0 saturated carbocycles. The maximum absolute atomic E-state index is 14.7. The first-order valence-electron chi connectivity index (χ1n) is 33.5. The van der Waals surface area contributed by atoms with Gasteiger partial charge in [0.25, 0.3) is 23.6 Å². The lowest BCUT2D eigenvalue weighted by atomic mass is 9.95. The molecule has 0 fully saturated rings. The number of nitrogens with zero attached hydrogens (tertiary/aromatic N) is 8. The van der Waals surface area contributed by atoms with Gasteiger partial charge in [-0.05, 0) is 124 Å². The quantitative estimate of drug-likeness (QED) is 0.0702. The number of anilines is 4. The predicted octanol–water partition coefficient (Wildman–Crippen LogP) is 16.6. The summed E-state index contributed by atoms with van der Waals surface area (Å²) in [6.45, 7) is 7.18. The minimum Gasteiger partial charge on any atom is -0.491 e. The molecule has 4 atom stereocenters. The van der Waals surface area contributed by atoms with Crippen LogP contribution in [0.5, 0.6) is 0 Å². The Bertz CT molecular complexity index is 5480. The predicted molar refractivity (Wildman–Crippen MR) is 383 cm³/mol. The maximum Gasteiger partial charge on any atom is 0.294 e. The molecule has 4 amide bonds. The summed E-state index contributed by atoms with van der Waals surface area (Å²) in [5.41, 5.74) is 10.7. The first-order chi connectivity index (χ1) is 51.7. The largest absolute Gasteiger partial charge is 0.491 e. The fourth-order valence-corrected chi connectivity index (χ4v) is 14.2. The molecule has 4 aromatic heterocycles. The lowest BCUT2D eigenvalue weighted by molar-refractivity contribution is -0.118. The smallest absolute Gasteiger partial charge is 0.294 e. The zero-order chi connectivity index (χ0) is 75.8. The van der Waals surface area contributed by atoms with Gasteiger partial charge in [0.2, 0.25) is 0 Å². The number of aromatic nitrogens is 8. The van der Waals surface area contributed by atoms with Gasteiger partial charge < -0.3 is 38.9 Å². The average molecular weight is 1460 g/mol. The monoisotopic (exact) mass is 1460 g/mol. The number of nitrogens with one attached hydrogen (secondary N) is 4. The fourth-order valence-electron chi connectivity index (χ4n) is 14.2. The molecule has 20 nitrogen and oxygen atoms in total. The lowest BCUT2D eigenvalue weighted by Crippen LogP contribution is -2.31. The number of aromatic amines is 4. The van der Waals surface area contributed by atoms with E-state index in [4.69, 9.17) is 18.9 Å². The van der Waals surface area contributed by atoms with E-state index >= 15 is 0 Å². The molecule has 4 aliphatic rings. The van der Waals surface area contributed by atoms with Gasteiger partial charge in [-0.1, -0.05) is 68.8 Å². The summed E-state index contributed by atoms with van der Waals surface area (Å²) in [5, 5.41) is 0. The van der Waals surface area contributed by atoms with Crippen LogP contribution >= 0.6 is 0 Å². The number of rotatable bonds is 15. The molecular formula is C79H66F8N12O8. The summed E-state index contributed by atoms with van der Waals surface area (Å²) in [5.74, 6) is -8.68. The molecule has 4 aliphatic heterocycles. The Balaban J connectivity index is 0.000000126. The number of fused-ring (bicyclic) bond motifs is 4. The number of halogens is 8. The minimum absolute atomic E-state index is 0.0765. The number of H-pyrrole nitrogens is 4. The normalized spacial score (nSPS) is 17.3. The van der Waals surface area contributed by atoms with Gasteiger partial charge in [0.15, 0.2) is 69.6 Å². The van der Waals surface area contributed by atoms with Crippen LogP contribution in [0.2, 0.25) is 0 Å². The van der Waals surface area contributed by atoms with E-state index in [1.807, 2.05) is 13.8 Å². The molecular weight excluding hydrogens is 1400 g/mol. The van der Waals surface area contributed by atoms with E-state index in [9.17, 15) is 54.3 Å². The third kappa shape index (κ3) is 13.0. The molecule has 0 aliphatic carbocycles. The number of hydrogen-bond donors (Lipinski definition) is 4. The van der Waals surface area contributed by atoms with Crippen molar-refractivity contribution >= 4 is 90.5 Å². The van der Waals surface area contributed by atoms with Crippen molar-refractivity contribution in [2.24, 2.45) is 0 Å². The van der Waals surface area contributed by atoms with Crippen LogP contribution in [0.4, 0.5) is 57.9 Å². The number of imidazole rings is 4. The van der Waals surface area contributed by atoms with E-state index in [2.05, 4.69) is 39.9 Å². The van der Waals surface area contributed by atoms with Crippen LogP contribution in [-0.4, -0.2) is 91.9 Å². The van der Waals surface area contributed by atoms with Gasteiger partial charge >= 0.3 is 0 Å². The van der Waals surface area contributed by atoms with Crippen molar-refractivity contribution in [2.75, 3.05) is 48.0 Å². The van der Waals surface area contributed by atoms with Gasteiger partial charge in [0.05, 0.1) is 122 Å². The van der Waals surface area contributed by atoms with Crippen molar-refractivity contribution in [2.45, 2.75) is 71.1 Å². The molecule has 2 unspecified atom stereocenters. The number of amides is 4. The molecule has 12 aromatic rings. The third-order valence-corrected chi connectivity index (χ3v) is 19.0. The highest BCUT2D eigenvalue weighted by Crippen LogP contribution is 2.49. The molecule has 107 heavy (non-hydrogen) atoms. The first-order valence-corrected chi connectivity index (χ1v) is 33.5. The van der Waals surface area contributed by atoms with Gasteiger partial charge in [-0.25, -0.2) is 55.1 Å². The summed E-state index contributed by atoms with van der Waals surface area (Å²) in [7, 11) is 5.60. The summed E-state index contributed by atoms with van der Waals surface area (Å²) in [6, 6.07) is 33.7. The number of ether oxygens (including phenoxy) is 4. The molecule has 0 saturated heterocycles. The van der Waals surface area contributed by atoms with Gasteiger partial charge in [0.1, 0.15) is 0 Å². The van der Waals surface area contributed by atoms with Gasteiger partial charge in [-0.15, -0.1) is 0 Å². The fraction of sp³-hybridized carbons (Fsp3) is 0.190. The van der Waals surface area contributed by atoms with Crippen molar-refractivity contribution in [3.8, 4) is 0 Å². The summed E-state index contributed by atoms with van der Waals surface area (Å²) in [4.78, 5) is 86.4. The molecule has 4 N–H and O–H groups in total. The van der Waals surface area contributed by atoms with Crippen LogP contribution in [0, 0.1) is 46.5 Å². The summed E-state index contributed by atoms with van der Waals surface area (Å²) in [6.07, 6.45) is 7.93. The number of carbonyl (C=O) groups is 4. The van der Waals surface area contributed by atoms with E-state index in [1.54, 1.807) is 112 Å². The Morgan fingerprint density at radius 3 is 0.897 bits per heavy atom.